The van der Waals surface area contributed by atoms with Crippen molar-refractivity contribution < 1.29 is 19.4 Å². The first-order valence-electron chi connectivity index (χ1n) is 6.92. The molecule has 0 spiro atoms. The van der Waals surface area contributed by atoms with Gasteiger partial charge in [0.05, 0.1) is 33.6 Å². The molecule has 0 fully saturated rings. The molecule has 11 heteroatoms. The number of fused-ring (bicyclic) bond motifs is 1. The van der Waals surface area contributed by atoms with E-state index in [1.165, 1.54) is 25.3 Å². The third-order valence-electron chi connectivity index (χ3n) is 3.55. The summed E-state index contributed by atoms with van der Waals surface area (Å²) in [5.74, 6) is -0.223. The number of nitro groups is 2. The van der Waals surface area contributed by atoms with E-state index in [-0.39, 0.29) is 15.7 Å². The predicted molar refractivity (Wildman–Crippen MR) is 97.3 cm³/mol. The second-order valence-corrected chi connectivity index (χ2v) is 5.03. The lowest BCUT2D eigenvalue weighted by atomic mass is 10.1. The summed E-state index contributed by atoms with van der Waals surface area (Å²) in [7, 11) is 1.26. The molecule has 1 N–H and O–H groups in total. The minimum absolute atomic E-state index is 0. The highest BCUT2D eigenvalue weighted by Gasteiger charge is 2.25. The summed E-state index contributed by atoms with van der Waals surface area (Å²) in [6.07, 6.45) is 0. The summed E-state index contributed by atoms with van der Waals surface area (Å²) in [4.78, 5) is 39.1. The number of H-pyrrole nitrogens is 1. The quantitative estimate of drug-likeness (QED) is 0.319. The Morgan fingerprint density at radius 2 is 1.77 bits per heavy atom. The number of ether oxygens (including phenoxy) is 1. The van der Waals surface area contributed by atoms with E-state index in [1.807, 2.05) is 0 Å². The molecule has 1 heterocycles. The van der Waals surface area contributed by atoms with E-state index in [9.17, 15) is 25.0 Å². The van der Waals surface area contributed by atoms with Crippen LogP contribution in [0.5, 0.6) is 0 Å². The number of nitro benzene ring substituents is 2. The van der Waals surface area contributed by atoms with Crippen molar-refractivity contribution in [1.82, 2.24) is 9.97 Å². The van der Waals surface area contributed by atoms with Gasteiger partial charge in [-0.25, -0.2) is 9.78 Å². The molecule has 0 aliphatic heterocycles. The van der Waals surface area contributed by atoms with Gasteiger partial charge in [-0.15, -0.1) is 0 Å². The first-order chi connectivity index (χ1) is 11.9. The highest BCUT2D eigenvalue weighted by Crippen LogP contribution is 2.31. The van der Waals surface area contributed by atoms with Crippen LogP contribution in [-0.2, 0) is 4.74 Å². The van der Waals surface area contributed by atoms with Gasteiger partial charge in [-0.1, -0.05) is 0 Å². The Bertz CT molecular complexity index is 1030. The highest BCUT2D eigenvalue weighted by molar-refractivity contribution is 6.92. The molecular weight excluding hydrogens is 363 g/mol. The van der Waals surface area contributed by atoms with Gasteiger partial charge in [-0.05, 0) is 24.3 Å². The van der Waals surface area contributed by atoms with E-state index >= 15 is 0 Å². The van der Waals surface area contributed by atoms with Gasteiger partial charge in [0.1, 0.15) is 5.82 Å². The van der Waals surface area contributed by atoms with Gasteiger partial charge in [0.15, 0.2) is 0 Å². The van der Waals surface area contributed by atoms with Crippen LogP contribution in [0.3, 0.4) is 0 Å². The molecule has 0 amide bonds. The van der Waals surface area contributed by atoms with Crippen molar-refractivity contribution in [3.63, 3.8) is 0 Å². The van der Waals surface area contributed by atoms with E-state index in [1.54, 1.807) is 6.07 Å². The van der Waals surface area contributed by atoms with Crippen molar-refractivity contribution in [3.8, 4) is 11.4 Å². The number of aromatic amines is 1. The first-order valence-corrected chi connectivity index (χ1v) is 6.92. The smallest absolute Gasteiger partial charge is 0.346 e. The van der Waals surface area contributed by atoms with Crippen LogP contribution in [0, 0.1) is 20.2 Å². The number of rotatable bonds is 4. The van der Waals surface area contributed by atoms with Crippen LogP contribution < -0.4 is 0 Å². The average molecular weight is 376 g/mol. The van der Waals surface area contributed by atoms with Gasteiger partial charge in [0, 0.05) is 17.7 Å². The van der Waals surface area contributed by atoms with E-state index in [2.05, 4.69) is 14.7 Å². The van der Waals surface area contributed by atoms with Gasteiger partial charge in [0.25, 0.3) is 0 Å². The maximum atomic E-state index is 11.6. The summed E-state index contributed by atoms with van der Waals surface area (Å²) in [5, 5.41) is 21.9. The fourth-order valence-corrected chi connectivity index (χ4v) is 2.36. The maximum absolute atomic E-state index is 11.6. The predicted octanol–water partition coefficient (Wildman–Crippen LogP) is 2.89. The number of hydrogen-bond acceptors (Lipinski definition) is 7. The molecule has 0 saturated heterocycles. The van der Waals surface area contributed by atoms with Crippen molar-refractivity contribution in [2.24, 2.45) is 0 Å². The lowest BCUT2D eigenvalue weighted by molar-refractivity contribution is -0.422. The second kappa shape index (κ2) is 7.24. The number of methoxy groups -OCH3 is 1. The number of hydrogen-bond donors (Lipinski definition) is 1. The molecule has 3 aromatic rings. The minimum Gasteiger partial charge on any atom is -0.465 e. The summed E-state index contributed by atoms with van der Waals surface area (Å²) in [6.45, 7) is 0. The molecule has 1 aromatic heterocycles. The van der Waals surface area contributed by atoms with Gasteiger partial charge < -0.3 is 9.72 Å². The van der Waals surface area contributed by atoms with Crippen molar-refractivity contribution in [3.05, 3.63) is 62.2 Å². The van der Waals surface area contributed by atoms with Crippen molar-refractivity contribution in [2.75, 3.05) is 7.11 Å². The number of carbonyl (C=O) groups is 1. The number of carbonyl (C=O) groups excluding carboxylic acids is 1. The average Bonchev–Trinajstić information content (AvgIpc) is 3.03. The zero-order valence-corrected chi connectivity index (χ0v) is 14.9. The number of nitrogens with zero attached hydrogens (tertiary/aromatic N) is 3. The maximum Gasteiger partial charge on any atom is 0.346 e. The zero-order chi connectivity index (χ0) is 18.1. The summed E-state index contributed by atoms with van der Waals surface area (Å²) >= 11 is 0. The third kappa shape index (κ3) is 3.35. The van der Waals surface area contributed by atoms with Crippen LogP contribution >= 0.6 is 9.90 Å². The zero-order valence-electron chi connectivity index (χ0n) is 13.5. The van der Waals surface area contributed by atoms with Crippen LogP contribution in [0.1, 0.15) is 10.4 Å². The lowest BCUT2D eigenvalue weighted by Gasteiger charge is -1.98. The Morgan fingerprint density at radius 3 is 2.38 bits per heavy atom. The van der Waals surface area contributed by atoms with Crippen molar-refractivity contribution >= 4 is 38.3 Å². The minimum atomic E-state index is -0.820. The van der Waals surface area contributed by atoms with Crippen LogP contribution in [0.4, 0.5) is 11.4 Å². The Kier molecular flexibility index (Phi) is 5.27. The second-order valence-electron chi connectivity index (χ2n) is 5.03. The molecular formula is C15H13N4O6P. The van der Waals surface area contributed by atoms with Crippen LogP contribution in [0.15, 0.2) is 36.4 Å². The fourth-order valence-electron chi connectivity index (χ4n) is 2.36. The standard InChI is InChI=1S/C15H10N4O6.H3P/c1-25-15(20)9-2-4-10-11(6-9)17-14(16-10)8-3-5-12(18(21)22)13(7-8)19(23)24;/h2-7H,1H3,(H,16,17);1H3. The first kappa shape index (κ1) is 18.9. The highest BCUT2D eigenvalue weighted by atomic mass is 31.0. The molecule has 0 aliphatic rings. The summed E-state index contributed by atoms with van der Waals surface area (Å²) in [5.41, 5.74) is 0.464. The SMILES string of the molecule is COC(=O)c1ccc2nc(-c3ccc([N+](=O)[O-])c([N+](=O)[O-])c3)[nH]c2c1.P. The Morgan fingerprint density at radius 1 is 1.08 bits per heavy atom. The van der Waals surface area contributed by atoms with E-state index in [0.29, 0.717) is 22.2 Å². The molecule has 1 atom stereocenters. The fraction of sp³-hybridized carbons (Fsp3) is 0.0667. The Labute approximate surface area is 149 Å². The van der Waals surface area contributed by atoms with Crippen LogP contribution in [0.2, 0.25) is 0 Å². The van der Waals surface area contributed by atoms with E-state index < -0.39 is 27.2 Å². The third-order valence-corrected chi connectivity index (χ3v) is 3.55. The molecule has 26 heavy (non-hydrogen) atoms. The molecule has 134 valence electrons. The molecule has 0 saturated carbocycles. The summed E-state index contributed by atoms with van der Waals surface area (Å²) in [6, 6.07) is 8.18. The van der Waals surface area contributed by atoms with E-state index in [4.69, 9.17) is 0 Å². The van der Waals surface area contributed by atoms with Crippen LogP contribution in [0.25, 0.3) is 22.4 Å². The lowest BCUT2D eigenvalue weighted by Crippen LogP contribution is -2.00. The number of nitrogens with one attached hydrogen (secondary N) is 1. The molecule has 0 radical (unpaired) electrons. The Balaban J connectivity index is 0.00000243. The normalized spacial score (nSPS) is 10.2. The molecule has 2 aromatic carbocycles. The van der Waals surface area contributed by atoms with Crippen LogP contribution in [-0.4, -0.2) is 32.9 Å². The number of esters is 1. The number of benzene rings is 2. The monoisotopic (exact) mass is 376 g/mol. The number of aromatic nitrogens is 2. The summed E-state index contributed by atoms with van der Waals surface area (Å²) < 4.78 is 4.64. The van der Waals surface area contributed by atoms with E-state index in [0.717, 1.165) is 12.1 Å². The largest absolute Gasteiger partial charge is 0.465 e. The number of imidazole rings is 1. The Hall–Kier alpha value is -3.39. The van der Waals surface area contributed by atoms with Gasteiger partial charge in [-0.2, -0.15) is 9.90 Å². The van der Waals surface area contributed by atoms with Crippen molar-refractivity contribution in [2.45, 2.75) is 0 Å². The topological polar surface area (TPSA) is 141 Å². The molecule has 1 unspecified atom stereocenters. The van der Waals surface area contributed by atoms with Gasteiger partial charge in [0.2, 0.25) is 0 Å². The molecule has 3 rings (SSSR count). The molecule has 10 nitrogen and oxygen atoms in total. The molecule has 0 bridgehead atoms. The van der Waals surface area contributed by atoms with Crippen molar-refractivity contribution in [1.29, 1.82) is 0 Å². The molecule has 0 aliphatic carbocycles. The van der Waals surface area contributed by atoms with Gasteiger partial charge in [-0.3, -0.25) is 20.2 Å². The van der Waals surface area contributed by atoms with Gasteiger partial charge >= 0.3 is 17.3 Å².